The molecule has 7 nitrogen and oxygen atoms in total. The van der Waals surface area contributed by atoms with Crippen molar-refractivity contribution < 1.29 is 13.2 Å². The number of hydrogen-bond acceptors (Lipinski definition) is 4. The molecule has 0 unspecified atom stereocenters. The molecule has 0 saturated heterocycles. The van der Waals surface area contributed by atoms with Gasteiger partial charge in [-0.2, -0.15) is 5.10 Å². The summed E-state index contributed by atoms with van der Waals surface area (Å²) < 4.78 is 25.6. The van der Waals surface area contributed by atoms with Crippen molar-refractivity contribution in [1.82, 2.24) is 14.5 Å². The zero-order valence-electron chi connectivity index (χ0n) is 6.60. The van der Waals surface area contributed by atoms with E-state index < -0.39 is 16.1 Å². The number of aryl methyl sites for hydroxylation is 1. The predicted octanol–water partition coefficient (Wildman–Crippen LogP) is -0.756. The number of aromatic nitrogens is 2. The number of fused-ring (bicyclic) bond motifs is 1. The molecule has 13 heavy (non-hydrogen) atoms. The Hall–Kier alpha value is -1.57. The molecule has 8 heteroatoms. The van der Waals surface area contributed by atoms with E-state index in [1.54, 1.807) is 11.8 Å². The molecule has 0 atom stereocenters. The number of urea groups is 1. The molecule has 1 aliphatic rings. The van der Waals surface area contributed by atoms with E-state index in [1.807, 2.05) is 0 Å². The average molecular weight is 202 g/mol. The first-order valence-corrected chi connectivity index (χ1v) is 4.85. The van der Waals surface area contributed by atoms with Gasteiger partial charge in [-0.25, -0.2) is 17.9 Å². The van der Waals surface area contributed by atoms with Gasteiger partial charge >= 0.3 is 6.03 Å². The zero-order chi connectivity index (χ0) is 9.64. The van der Waals surface area contributed by atoms with Gasteiger partial charge in [0.25, 0.3) is 10.0 Å². The Kier molecular flexibility index (Phi) is 1.38. The quantitative estimate of drug-likeness (QED) is 0.578. The van der Waals surface area contributed by atoms with Crippen molar-refractivity contribution in [3.05, 3.63) is 6.20 Å². The summed E-state index contributed by atoms with van der Waals surface area (Å²) in [5.74, 6) is 0.184. The summed E-state index contributed by atoms with van der Waals surface area (Å²) in [6.45, 7) is 0. The Morgan fingerprint density at radius 2 is 2.23 bits per heavy atom. The molecule has 1 aliphatic heterocycles. The lowest BCUT2D eigenvalue weighted by atomic mass is 10.6. The lowest BCUT2D eigenvalue weighted by molar-refractivity contribution is 0.256. The highest BCUT2D eigenvalue weighted by molar-refractivity contribution is 7.90. The first kappa shape index (κ1) is 8.05. The third-order valence-corrected chi connectivity index (χ3v) is 2.99. The first-order valence-electron chi connectivity index (χ1n) is 3.36. The van der Waals surface area contributed by atoms with Crippen LogP contribution in [0.5, 0.6) is 0 Å². The van der Waals surface area contributed by atoms with Crippen LogP contribution in [0.25, 0.3) is 0 Å². The Bertz CT molecular complexity index is 474. The summed E-state index contributed by atoms with van der Waals surface area (Å²) in [6, 6.07) is -0.767. The predicted molar refractivity (Wildman–Crippen MR) is 42.5 cm³/mol. The highest BCUT2D eigenvalue weighted by Crippen LogP contribution is 2.22. The molecule has 1 aromatic rings. The SMILES string of the molecule is Cn1ncc2c1NC(=O)NS2(=O)=O. The Morgan fingerprint density at radius 3 is 2.92 bits per heavy atom. The minimum atomic E-state index is -3.72. The van der Waals surface area contributed by atoms with Gasteiger partial charge in [0.2, 0.25) is 0 Å². The van der Waals surface area contributed by atoms with Gasteiger partial charge in [-0.05, 0) is 0 Å². The Balaban J connectivity index is 2.72. The fourth-order valence-electron chi connectivity index (χ4n) is 1.07. The molecule has 0 aromatic carbocycles. The molecule has 0 spiro atoms. The fourth-order valence-corrected chi connectivity index (χ4v) is 2.10. The standard InChI is InChI=1S/C5H6N4O3S/c1-9-4-3(2-6-9)13(11,12)8-5(10)7-4/h2H,1H3,(H2,7,8,10). The Labute approximate surface area is 73.8 Å². The zero-order valence-corrected chi connectivity index (χ0v) is 7.42. The molecule has 0 saturated carbocycles. The maximum absolute atomic E-state index is 11.3. The number of nitrogens with one attached hydrogen (secondary N) is 2. The van der Waals surface area contributed by atoms with Crippen LogP contribution in [0.3, 0.4) is 0 Å². The summed E-state index contributed by atoms with van der Waals surface area (Å²) >= 11 is 0. The molecule has 2 N–H and O–H groups in total. The number of nitrogens with zero attached hydrogens (tertiary/aromatic N) is 2. The van der Waals surface area contributed by atoms with Crippen molar-refractivity contribution in [3.8, 4) is 0 Å². The van der Waals surface area contributed by atoms with Gasteiger partial charge in [-0.3, -0.25) is 10.00 Å². The molecule has 0 radical (unpaired) electrons. The highest BCUT2D eigenvalue weighted by Gasteiger charge is 2.30. The third-order valence-electron chi connectivity index (χ3n) is 1.65. The topological polar surface area (TPSA) is 93.1 Å². The van der Waals surface area contributed by atoms with Crippen LogP contribution in [0, 0.1) is 0 Å². The lowest BCUT2D eigenvalue weighted by Gasteiger charge is -2.14. The van der Waals surface area contributed by atoms with Crippen molar-refractivity contribution >= 4 is 21.9 Å². The molecule has 2 heterocycles. The summed E-state index contributed by atoms with van der Waals surface area (Å²) in [5, 5.41) is 6.05. The normalized spacial score (nSPS) is 18.7. The molecule has 1 aromatic heterocycles. The number of sulfonamides is 1. The molecule has 0 fully saturated rings. The van der Waals surface area contributed by atoms with E-state index in [0.29, 0.717) is 0 Å². The van der Waals surface area contributed by atoms with Gasteiger partial charge in [0, 0.05) is 7.05 Å². The molecule has 70 valence electrons. The molecule has 0 aliphatic carbocycles. The molecule has 2 amide bonds. The van der Waals surface area contributed by atoms with E-state index in [9.17, 15) is 13.2 Å². The summed E-state index contributed by atoms with van der Waals surface area (Å²) in [7, 11) is -2.17. The highest BCUT2D eigenvalue weighted by atomic mass is 32.2. The molecule has 2 rings (SSSR count). The van der Waals surface area contributed by atoms with Crippen LogP contribution in [-0.4, -0.2) is 24.2 Å². The van der Waals surface area contributed by atoms with Gasteiger partial charge in [0.15, 0.2) is 5.82 Å². The first-order chi connectivity index (χ1) is 6.00. The molecular formula is C5H6N4O3S. The number of carbonyl (C=O) groups is 1. The van der Waals surface area contributed by atoms with E-state index >= 15 is 0 Å². The second kappa shape index (κ2) is 2.22. The van der Waals surface area contributed by atoms with E-state index in [-0.39, 0.29) is 10.7 Å². The largest absolute Gasteiger partial charge is 0.334 e. The van der Waals surface area contributed by atoms with Gasteiger partial charge in [0.1, 0.15) is 4.90 Å². The van der Waals surface area contributed by atoms with Crippen molar-refractivity contribution in [2.45, 2.75) is 4.90 Å². The van der Waals surface area contributed by atoms with Crippen molar-refractivity contribution in [2.24, 2.45) is 7.05 Å². The van der Waals surface area contributed by atoms with E-state index in [2.05, 4.69) is 10.4 Å². The van der Waals surface area contributed by atoms with Crippen LogP contribution >= 0.6 is 0 Å². The van der Waals surface area contributed by atoms with Crippen LogP contribution in [0.15, 0.2) is 11.1 Å². The molecular weight excluding hydrogens is 196 g/mol. The van der Waals surface area contributed by atoms with Gasteiger partial charge in [0.05, 0.1) is 6.20 Å². The second-order valence-corrected chi connectivity index (χ2v) is 4.19. The number of hydrogen-bond donors (Lipinski definition) is 2. The van der Waals surface area contributed by atoms with E-state index in [4.69, 9.17) is 0 Å². The summed E-state index contributed by atoms with van der Waals surface area (Å²) in [6.07, 6.45) is 1.18. The summed E-state index contributed by atoms with van der Waals surface area (Å²) in [4.78, 5) is 10.8. The molecule has 0 bridgehead atoms. The van der Waals surface area contributed by atoms with Crippen LogP contribution < -0.4 is 10.0 Å². The van der Waals surface area contributed by atoms with Crippen LogP contribution in [-0.2, 0) is 17.1 Å². The smallest absolute Gasteiger partial charge is 0.291 e. The van der Waals surface area contributed by atoms with Gasteiger partial charge in [-0.15, -0.1) is 0 Å². The second-order valence-electron chi connectivity index (χ2n) is 2.54. The number of rotatable bonds is 0. The number of amides is 2. The van der Waals surface area contributed by atoms with E-state index in [0.717, 1.165) is 0 Å². The van der Waals surface area contributed by atoms with Crippen molar-refractivity contribution in [3.63, 3.8) is 0 Å². The average Bonchev–Trinajstić information content (AvgIpc) is 2.31. The monoisotopic (exact) mass is 202 g/mol. The van der Waals surface area contributed by atoms with Crippen LogP contribution in [0.4, 0.5) is 10.6 Å². The maximum atomic E-state index is 11.3. The van der Waals surface area contributed by atoms with Crippen molar-refractivity contribution in [2.75, 3.05) is 5.32 Å². The van der Waals surface area contributed by atoms with Gasteiger partial charge in [-0.1, -0.05) is 0 Å². The van der Waals surface area contributed by atoms with E-state index in [1.165, 1.54) is 10.9 Å². The Morgan fingerprint density at radius 1 is 1.54 bits per heavy atom. The van der Waals surface area contributed by atoms with Crippen LogP contribution in [0.1, 0.15) is 0 Å². The minimum Gasteiger partial charge on any atom is -0.291 e. The number of anilines is 1. The minimum absolute atomic E-state index is 0.0189. The fraction of sp³-hybridized carbons (Fsp3) is 0.200. The van der Waals surface area contributed by atoms with Gasteiger partial charge < -0.3 is 0 Å². The van der Waals surface area contributed by atoms with Crippen molar-refractivity contribution in [1.29, 1.82) is 0 Å². The van der Waals surface area contributed by atoms with Crippen LogP contribution in [0.2, 0.25) is 0 Å². The maximum Gasteiger partial charge on any atom is 0.334 e. The summed E-state index contributed by atoms with van der Waals surface area (Å²) in [5.41, 5.74) is 0. The third kappa shape index (κ3) is 1.06. The lowest BCUT2D eigenvalue weighted by Crippen LogP contribution is -2.39. The number of carbonyl (C=O) groups excluding carboxylic acids is 1.